The SMILES string of the molecule is CC1Cc2ccc(O)cc2C(c2ccc(F)cc2)N1. The van der Waals surface area contributed by atoms with Gasteiger partial charge in [0.1, 0.15) is 11.6 Å². The number of hydrogen-bond donors (Lipinski definition) is 2. The van der Waals surface area contributed by atoms with E-state index in [1.165, 1.54) is 17.7 Å². The smallest absolute Gasteiger partial charge is 0.123 e. The number of hydrogen-bond acceptors (Lipinski definition) is 2. The first kappa shape index (κ1) is 12.2. The summed E-state index contributed by atoms with van der Waals surface area (Å²) in [5.74, 6) is 0.0333. The van der Waals surface area contributed by atoms with Gasteiger partial charge in [0, 0.05) is 6.04 Å². The zero-order valence-corrected chi connectivity index (χ0v) is 10.7. The van der Waals surface area contributed by atoms with Crippen molar-refractivity contribution in [1.29, 1.82) is 0 Å². The maximum Gasteiger partial charge on any atom is 0.123 e. The van der Waals surface area contributed by atoms with Gasteiger partial charge in [0.05, 0.1) is 6.04 Å². The van der Waals surface area contributed by atoms with Crippen LogP contribution in [0.25, 0.3) is 0 Å². The molecule has 0 fully saturated rings. The fourth-order valence-electron chi connectivity index (χ4n) is 2.73. The van der Waals surface area contributed by atoms with Crippen molar-refractivity contribution in [3.63, 3.8) is 0 Å². The quantitative estimate of drug-likeness (QED) is 0.822. The van der Waals surface area contributed by atoms with Crippen molar-refractivity contribution in [2.75, 3.05) is 0 Å². The summed E-state index contributed by atoms with van der Waals surface area (Å²) in [6.07, 6.45) is 0.938. The molecular weight excluding hydrogens is 241 g/mol. The van der Waals surface area contributed by atoms with Crippen LogP contribution in [-0.4, -0.2) is 11.1 Å². The number of rotatable bonds is 1. The first-order valence-electron chi connectivity index (χ1n) is 6.47. The molecule has 3 rings (SSSR count). The Balaban J connectivity index is 2.07. The third-order valence-electron chi connectivity index (χ3n) is 3.62. The standard InChI is InChI=1S/C16H16FNO/c1-10-8-12-4-7-14(19)9-15(12)16(18-10)11-2-5-13(17)6-3-11/h2-7,9-10,16,18-19H,8H2,1H3. The van der Waals surface area contributed by atoms with Crippen molar-refractivity contribution in [1.82, 2.24) is 5.32 Å². The highest BCUT2D eigenvalue weighted by Crippen LogP contribution is 2.32. The van der Waals surface area contributed by atoms with Crippen LogP contribution in [0.1, 0.15) is 29.7 Å². The molecule has 3 heteroatoms. The summed E-state index contributed by atoms with van der Waals surface area (Å²) >= 11 is 0. The fourth-order valence-corrected chi connectivity index (χ4v) is 2.73. The Morgan fingerprint density at radius 3 is 2.63 bits per heavy atom. The molecular formula is C16H16FNO. The molecule has 0 saturated heterocycles. The molecule has 0 bridgehead atoms. The van der Waals surface area contributed by atoms with Crippen molar-refractivity contribution in [2.24, 2.45) is 0 Å². The second kappa shape index (κ2) is 4.67. The first-order valence-corrected chi connectivity index (χ1v) is 6.47. The summed E-state index contributed by atoms with van der Waals surface area (Å²) in [5.41, 5.74) is 3.32. The van der Waals surface area contributed by atoms with Gasteiger partial charge < -0.3 is 10.4 Å². The number of benzene rings is 2. The molecule has 0 amide bonds. The summed E-state index contributed by atoms with van der Waals surface area (Å²) in [4.78, 5) is 0. The zero-order valence-electron chi connectivity index (χ0n) is 10.7. The van der Waals surface area contributed by atoms with E-state index >= 15 is 0 Å². The van der Waals surface area contributed by atoms with Gasteiger partial charge in [0.2, 0.25) is 0 Å². The van der Waals surface area contributed by atoms with Gasteiger partial charge >= 0.3 is 0 Å². The van der Waals surface area contributed by atoms with Crippen LogP contribution in [0.2, 0.25) is 0 Å². The molecule has 0 radical (unpaired) electrons. The van der Waals surface area contributed by atoms with Gasteiger partial charge in [-0.15, -0.1) is 0 Å². The lowest BCUT2D eigenvalue weighted by molar-refractivity contribution is 0.449. The Morgan fingerprint density at radius 1 is 1.16 bits per heavy atom. The Bertz CT molecular complexity index is 594. The molecule has 1 aliphatic rings. The van der Waals surface area contributed by atoms with Crippen molar-refractivity contribution < 1.29 is 9.50 Å². The Morgan fingerprint density at radius 2 is 1.89 bits per heavy atom. The Hall–Kier alpha value is -1.87. The van der Waals surface area contributed by atoms with Crippen LogP contribution in [0.5, 0.6) is 5.75 Å². The van der Waals surface area contributed by atoms with E-state index in [9.17, 15) is 9.50 Å². The van der Waals surface area contributed by atoms with Crippen molar-refractivity contribution >= 4 is 0 Å². The summed E-state index contributed by atoms with van der Waals surface area (Å²) in [6.45, 7) is 2.13. The summed E-state index contributed by atoms with van der Waals surface area (Å²) in [5, 5.41) is 13.2. The third kappa shape index (κ3) is 2.34. The fraction of sp³-hybridized carbons (Fsp3) is 0.250. The molecule has 2 N–H and O–H groups in total. The molecule has 2 atom stereocenters. The van der Waals surface area contributed by atoms with Gasteiger partial charge in [-0.3, -0.25) is 0 Å². The number of phenolic OH excluding ortho intramolecular Hbond substituents is 1. The van der Waals surface area contributed by atoms with Crippen LogP contribution in [-0.2, 0) is 6.42 Å². The lowest BCUT2D eigenvalue weighted by atomic mass is 9.87. The van der Waals surface area contributed by atoms with E-state index in [4.69, 9.17) is 0 Å². The molecule has 1 aliphatic heterocycles. The Kier molecular flexibility index (Phi) is 2.99. The van der Waals surface area contributed by atoms with Gasteiger partial charge in [-0.2, -0.15) is 0 Å². The highest BCUT2D eigenvalue weighted by atomic mass is 19.1. The minimum absolute atomic E-state index is 0.00597. The average molecular weight is 257 g/mol. The summed E-state index contributed by atoms with van der Waals surface area (Å²) in [6, 6.07) is 12.4. The third-order valence-corrected chi connectivity index (χ3v) is 3.62. The van der Waals surface area contributed by atoms with Crippen LogP contribution in [0.15, 0.2) is 42.5 Å². The van der Waals surface area contributed by atoms with Crippen molar-refractivity contribution in [3.8, 4) is 5.75 Å². The molecule has 2 aromatic rings. The van der Waals surface area contributed by atoms with Crippen molar-refractivity contribution in [2.45, 2.75) is 25.4 Å². The second-order valence-electron chi connectivity index (χ2n) is 5.14. The van der Waals surface area contributed by atoms with Gasteiger partial charge in [-0.05, 0) is 54.3 Å². The average Bonchev–Trinajstić information content (AvgIpc) is 2.39. The van der Waals surface area contributed by atoms with E-state index in [-0.39, 0.29) is 17.6 Å². The van der Waals surface area contributed by atoms with E-state index in [0.29, 0.717) is 6.04 Å². The molecule has 0 aromatic heterocycles. The van der Waals surface area contributed by atoms with Crippen molar-refractivity contribution in [3.05, 3.63) is 65.0 Å². The monoisotopic (exact) mass is 257 g/mol. The summed E-state index contributed by atoms with van der Waals surface area (Å²) < 4.78 is 13.0. The predicted molar refractivity (Wildman–Crippen MR) is 72.7 cm³/mol. The molecule has 2 nitrogen and oxygen atoms in total. The lowest BCUT2D eigenvalue weighted by Crippen LogP contribution is -2.37. The molecule has 1 heterocycles. The normalized spacial score (nSPS) is 22.0. The number of aromatic hydroxyl groups is 1. The first-order chi connectivity index (χ1) is 9.13. The van der Waals surface area contributed by atoms with E-state index in [1.54, 1.807) is 24.3 Å². The van der Waals surface area contributed by atoms with Crippen LogP contribution in [0.4, 0.5) is 4.39 Å². The van der Waals surface area contributed by atoms with Crippen LogP contribution in [0.3, 0.4) is 0 Å². The van der Waals surface area contributed by atoms with E-state index in [0.717, 1.165) is 17.5 Å². The number of fused-ring (bicyclic) bond motifs is 1. The van der Waals surface area contributed by atoms with Gasteiger partial charge in [0.15, 0.2) is 0 Å². The molecule has 0 saturated carbocycles. The summed E-state index contributed by atoms with van der Waals surface area (Å²) in [7, 11) is 0. The maximum absolute atomic E-state index is 13.0. The van der Waals surface area contributed by atoms with E-state index in [2.05, 4.69) is 12.2 Å². The number of nitrogens with one attached hydrogen (secondary N) is 1. The minimum atomic E-state index is -0.233. The largest absolute Gasteiger partial charge is 0.508 e. The lowest BCUT2D eigenvalue weighted by Gasteiger charge is -2.32. The molecule has 0 spiro atoms. The van der Waals surface area contributed by atoms with Crippen LogP contribution < -0.4 is 5.32 Å². The topological polar surface area (TPSA) is 32.3 Å². The van der Waals surface area contributed by atoms with Crippen LogP contribution >= 0.6 is 0 Å². The molecule has 19 heavy (non-hydrogen) atoms. The number of phenols is 1. The van der Waals surface area contributed by atoms with Gasteiger partial charge in [0.25, 0.3) is 0 Å². The van der Waals surface area contributed by atoms with E-state index < -0.39 is 0 Å². The van der Waals surface area contributed by atoms with Gasteiger partial charge in [-0.25, -0.2) is 4.39 Å². The maximum atomic E-state index is 13.0. The predicted octanol–water partition coefficient (Wildman–Crippen LogP) is 3.15. The second-order valence-corrected chi connectivity index (χ2v) is 5.14. The zero-order chi connectivity index (χ0) is 13.4. The highest BCUT2D eigenvalue weighted by molar-refractivity contribution is 5.44. The van der Waals surface area contributed by atoms with Crippen LogP contribution in [0, 0.1) is 5.82 Å². The molecule has 2 aromatic carbocycles. The molecule has 0 aliphatic carbocycles. The van der Waals surface area contributed by atoms with Gasteiger partial charge in [-0.1, -0.05) is 18.2 Å². The minimum Gasteiger partial charge on any atom is -0.508 e. The Labute approximate surface area is 111 Å². The number of halogens is 1. The highest BCUT2D eigenvalue weighted by Gasteiger charge is 2.25. The van der Waals surface area contributed by atoms with E-state index in [1.807, 2.05) is 6.07 Å². The molecule has 2 unspecified atom stereocenters. The molecule has 98 valence electrons.